The van der Waals surface area contributed by atoms with Crippen LogP contribution < -0.4 is 21.6 Å². The summed E-state index contributed by atoms with van der Waals surface area (Å²) in [7, 11) is 1.29. The topological polar surface area (TPSA) is 61.3 Å². The molecule has 4 N–H and O–H groups in total. The summed E-state index contributed by atoms with van der Waals surface area (Å²) >= 11 is 11.1. The van der Waals surface area contributed by atoms with Crippen LogP contribution in [0.2, 0.25) is 10.0 Å². The average Bonchev–Trinajstić information content (AvgIpc) is 2.52. The van der Waals surface area contributed by atoms with Crippen LogP contribution in [0.1, 0.15) is 6.92 Å². The van der Waals surface area contributed by atoms with Crippen molar-refractivity contribution in [3.05, 3.63) is 58.1 Å². The average molecular weight is 360 g/mol. The highest BCUT2D eigenvalue weighted by atomic mass is 35.5. The fourth-order valence-corrected chi connectivity index (χ4v) is 1.51. The summed E-state index contributed by atoms with van der Waals surface area (Å²) in [6.07, 6.45) is 0. The van der Waals surface area contributed by atoms with E-state index in [4.69, 9.17) is 39.3 Å². The summed E-state index contributed by atoms with van der Waals surface area (Å²) in [5, 5.41) is 0.0459. The second kappa shape index (κ2) is 9.73. The van der Waals surface area contributed by atoms with E-state index >= 15 is 0 Å². The Hall–Kier alpha value is -1.34. The Labute approximate surface area is 144 Å². The van der Waals surface area contributed by atoms with Gasteiger partial charge in [0.15, 0.2) is 0 Å². The number of halogens is 4. The van der Waals surface area contributed by atoms with Crippen LogP contribution in [0.25, 0.3) is 0 Å². The van der Waals surface area contributed by atoms with E-state index in [1.165, 1.54) is 31.7 Å². The maximum Gasteiger partial charge on any atom is 0.408 e. The first-order chi connectivity index (χ1) is 10.8. The Balaban J connectivity index is 0.000000463. The summed E-state index contributed by atoms with van der Waals surface area (Å²) < 4.78 is 31.4. The zero-order chi connectivity index (χ0) is 17.4. The van der Waals surface area contributed by atoms with Gasteiger partial charge in [0, 0.05) is 18.7 Å². The van der Waals surface area contributed by atoms with Crippen LogP contribution in [0.5, 0.6) is 5.75 Å². The highest BCUT2D eigenvalue weighted by molar-refractivity contribution is 6.48. The Bertz CT molecular complexity index is 593. The molecule has 1 radical (unpaired) electrons. The first kappa shape index (κ1) is 19.7. The highest BCUT2D eigenvalue weighted by Crippen LogP contribution is 2.20. The summed E-state index contributed by atoms with van der Waals surface area (Å²) in [5.41, 5.74) is 10.7. The molecule has 0 aromatic heterocycles. The van der Waals surface area contributed by atoms with Gasteiger partial charge in [0.2, 0.25) is 0 Å². The molecule has 0 aliphatic rings. The van der Waals surface area contributed by atoms with Gasteiger partial charge < -0.3 is 16.1 Å². The van der Waals surface area contributed by atoms with Gasteiger partial charge in [-0.2, -0.15) is 0 Å². The number of nitrogens with two attached hydrogens (primary N) is 2. The van der Waals surface area contributed by atoms with Gasteiger partial charge >= 0.3 is 7.48 Å². The molecule has 2 aromatic rings. The Kier molecular flexibility index (Phi) is 8.33. The van der Waals surface area contributed by atoms with Crippen LogP contribution in [0.4, 0.5) is 8.78 Å². The van der Waals surface area contributed by atoms with E-state index in [1.54, 1.807) is 6.07 Å². The summed E-state index contributed by atoms with van der Waals surface area (Å²) in [6.45, 7) is 2.46. The van der Waals surface area contributed by atoms with Gasteiger partial charge in [-0.3, -0.25) is 0 Å². The molecule has 2 aromatic carbocycles. The number of rotatable bonds is 4. The number of benzene rings is 2. The summed E-state index contributed by atoms with van der Waals surface area (Å²) in [6, 6.07) is 8.40. The van der Waals surface area contributed by atoms with Crippen LogP contribution in [0, 0.1) is 11.6 Å². The predicted octanol–water partition coefficient (Wildman–Crippen LogP) is 2.89. The smallest absolute Gasteiger partial charge is 0.408 e. The van der Waals surface area contributed by atoms with Gasteiger partial charge in [-0.05, 0) is 36.7 Å². The monoisotopic (exact) mass is 359 g/mol. The molecular formula is C15H16BCl2F2N2O. The van der Waals surface area contributed by atoms with E-state index < -0.39 is 11.6 Å². The molecule has 0 amide bonds. The molecule has 0 aliphatic heterocycles. The molecule has 0 aliphatic carbocycles. The second-order valence-electron chi connectivity index (χ2n) is 4.70. The number of hydrogen-bond donors (Lipinski definition) is 2. The van der Waals surface area contributed by atoms with E-state index in [0.29, 0.717) is 12.0 Å². The van der Waals surface area contributed by atoms with Crippen LogP contribution in [-0.4, -0.2) is 20.1 Å². The van der Waals surface area contributed by atoms with E-state index in [2.05, 4.69) is 0 Å². The van der Waals surface area contributed by atoms with Gasteiger partial charge in [-0.1, -0.05) is 29.3 Å². The van der Waals surface area contributed by atoms with Crippen molar-refractivity contribution in [1.82, 2.24) is 0 Å². The van der Waals surface area contributed by atoms with Gasteiger partial charge in [0.1, 0.15) is 17.4 Å². The normalized spacial score (nSPS) is 11.3. The largest absolute Gasteiger partial charge is 0.558 e. The van der Waals surface area contributed by atoms with Crippen molar-refractivity contribution in [3.63, 3.8) is 0 Å². The van der Waals surface area contributed by atoms with E-state index in [9.17, 15) is 8.78 Å². The molecule has 3 nitrogen and oxygen atoms in total. The molecule has 0 bridgehead atoms. The predicted molar refractivity (Wildman–Crippen MR) is 91.5 cm³/mol. The Morgan fingerprint density at radius 1 is 1.09 bits per heavy atom. The van der Waals surface area contributed by atoms with E-state index in [-0.39, 0.29) is 21.8 Å². The molecular weight excluding hydrogens is 344 g/mol. The van der Waals surface area contributed by atoms with Gasteiger partial charge in [0.05, 0.1) is 10.0 Å². The number of hydrogen-bond acceptors (Lipinski definition) is 3. The Morgan fingerprint density at radius 3 is 2.09 bits per heavy atom. The zero-order valence-electron chi connectivity index (χ0n) is 12.4. The molecule has 0 heterocycles. The lowest BCUT2D eigenvalue weighted by Gasteiger charge is -2.06. The zero-order valence-corrected chi connectivity index (χ0v) is 13.9. The van der Waals surface area contributed by atoms with Crippen LogP contribution in [-0.2, 0) is 0 Å². The SMILES string of the molecule is CC(N)CN.Fc1cc([B]Oc2ccc(Cl)c(F)c2)ccc1Cl. The minimum atomic E-state index is -0.579. The van der Waals surface area contributed by atoms with E-state index in [0.717, 1.165) is 6.07 Å². The molecule has 8 heteroatoms. The van der Waals surface area contributed by atoms with Gasteiger partial charge in [-0.15, -0.1) is 0 Å². The maximum atomic E-state index is 13.1. The van der Waals surface area contributed by atoms with Crippen LogP contribution >= 0.6 is 23.2 Å². The van der Waals surface area contributed by atoms with Gasteiger partial charge in [-0.25, -0.2) is 8.78 Å². The van der Waals surface area contributed by atoms with Crippen molar-refractivity contribution in [2.45, 2.75) is 13.0 Å². The molecule has 0 saturated carbocycles. The fourth-order valence-electron chi connectivity index (χ4n) is 1.27. The lowest BCUT2D eigenvalue weighted by Crippen LogP contribution is -2.25. The first-order valence-electron chi connectivity index (χ1n) is 6.69. The molecule has 0 fully saturated rings. The molecule has 1 atom stereocenters. The van der Waals surface area contributed by atoms with Crippen molar-refractivity contribution in [2.75, 3.05) is 6.54 Å². The molecule has 1 unspecified atom stereocenters. The lowest BCUT2D eigenvalue weighted by atomic mass is 9.88. The second-order valence-corrected chi connectivity index (χ2v) is 5.51. The molecule has 2 rings (SSSR count). The van der Waals surface area contributed by atoms with Crippen LogP contribution in [0.15, 0.2) is 36.4 Å². The Morgan fingerprint density at radius 2 is 1.61 bits per heavy atom. The van der Waals surface area contributed by atoms with E-state index in [1.807, 2.05) is 6.92 Å². The van der Waals surface area contributed by atoms with Crippen LogP contribution in [0.3, 0.4) is 0 Å². The summed E-state index contributed by atoms with van der Waals surface area (Å²) in [4.78, 5) is 0. The fraction of sp³-hybridized carbons (Fsp3) is 0.200. The molecule has 23 heavy (non-hydrogen) atoms. The van der Waals surface area contributed by atoms with Gasteiger partial charge in [0.25, 0.3) is 0 Å². The third-order valence-electron chi connectivity index (χ3n) is 2.54. The van der Waals surface area contributed by atoms with Crippen molar-refractivity contribution >= 4 is 36.1 Å². The first-order valence-corrected chi connectivity index (χ1v) is 7.44. The maximum absolute atomic E-state index is 13.1. The third-order valence-corrected chi connectivity index (χ3v) is 3.15. The standard InChI is InChI=1S/C12H6BCl2F2O.C3H10N2/c14-9-3-1-7(5-11(9)16)13-18-8-2-4-10(15)12(17)6-8;1-3(5)2-4/h1-6H;3H,2,4-5H2,1H3. The summed E-state index contributed by atoms with van der Waals surface area (Å²) in [5.74, 6) is -0.853. The highest BCUT2D eigenvalue weighted by Gasteiger charge is 2.06. The molecule has 0 spiro atoms. The lowest BCUT2D eigenvalue weighted by molar-refractivity contribution is 0.579. The third kappa shape index (κ3) is 7.18. The minimum absolute atomic E-state index is 0.0138. The minimum Gasteiger partial charge on any atom is -0.558 e. The van der Waals surface area contributed by atoms with Crippen molar-refractivity contribution in [3.8, 4) is 5.75 Å². The van der Waals surface area contributed by atoms with Crippen molar-refractivity contribution in [1.29, 1.82) is 0 Å². The molecule has 0 saturated heterocycles. The van der Waals surface area contributed by atoms with Crippen molar-refractivity contribution in [2.24, 2.45) is 11.5 Å². The quantitative estimate of drug-likeness (QED) is 0.825. The van der Waals surface area contributed by atoms with Crippen molar-refractivity contribution < 1.29 is 13.4 Å². The molecule has 123 valence electrons.